The predicted molar refractivity (Wildman–Crippen MR) is 118 cm³/mol. The lowest BCUT2D eigenvalue weighted by Gasteiger charge is -2.47. The summed E-state index contributed by atoms with van der Waals surface area (Å²) in [4.78, 5) is 39.5. The first-order valence-corrected chi connectivity index (χ1v) is 11.4. The van der Waals surface area contributed by atoms with Crippen molar-refractivity contribution in [2.75, 3.05) is 19.6 Å². The maximum atomic E-state index is 13.4. The first kappa shape index (κ1) is 26.5. The normalized spacial score (nSPS) is 19.8. The van der Waals surface area contributed by atoms with E-state index in [0.717, 1.165) is 10.5 Å². The van der Waals surface area contributed by atoms with Crippen molar-refractivity contribution in [3.63, 3.8) is 0 Å². The minimum Gasteiger partial charge on any atom is -0.442 e. The third-order valence-corrected chi connectivity index (χ3v) is 6.84. The highest BCUT2D eigenvalue weighted by Gasteiger charge is 2.51. The lowest BCUT2D eigenvalue weighted by Crippen LogP contribution is -2.61. The van der Waals surface area contributed by atoms with E-state index in [2.05, 4.69) is 5.32 Å². The Morgan fingerprint density at radius 1 is 0.973 bits per heavy atom. The van der Waals surface area contributed by atoms with E-state index in [1.165, 1.54) is 0 Å². The molecule has 1 atom stereocenters. The van der Waals surface area contributed by atoms with Gasteiger partial charge < -0.3 is 15.0 Å². The number of rotatable bonds is 3. The number of amides is 2. The molecule has 2 amide bonds. The Morgan fingerprint density at radius 3 is 2.08 bits per heavy atom. The topological polar surface area (TPSA) is 75.7 Å². The van der Waals surface area contributed by atoms with E-state index in [4.69, 9.17) is 4.74 Å². The van der Waals surface area contributed by atoms with Crippen LogP contribution in [0.1, 0.15) is 50.2 Å². The summed E-state index contributed by atoms with van der Waals surface area (Å²) < 4.78 is 84.9. The van der Waals surface area contributed by atoms with Crippen molar-refractivity contribution in [1.82, 2.24) is 10.2 Å². The number of hydrogen-bond acceptors (Lipinski definition) is 4. The molecule has 198 valence electrons. The van der Waals surface area contributed by atoms with E-state index in [9.17, 15) is 40.7 Å². The molecule has 0 saturated carbocycles. The van der Waals surface area contributed by atoms with Gasteiger partial charge in [0.15, 0.2) is 5.78 Å². The number of aryl methyl sites for hydroxylation is 1. The van der Waals surface area contributed by atoms with Gasteiger partial charge in [0.25, 0.3) is 5.91 Å². The molecule has 0 bridgehead atoms. The molecule has 2 heterocycles. The van der Waals surface area contributed by atoms with Crippen molar-refractivity contribution < 1.29 is 45.5 Å². The standard InChI is InChI=1S/C25H22F6N2O4/c1-14-4-2-3-5-18(14)20(34)19-13-32-22(36)37-23(19)6-8-33(9-7-23)21(35)15-10-16(24(26,27)28)12-17(11-15)25(29,30)31/h2-5,10-12,19H,6-9,13H2,1H3,(H,32,36). The molecule has 2 saturated heterocycles. The number of Topliss-reactive ketones (excluding diaryl/α,β-unsaturated/α-hetero) is 1. The van der Waals surface area contributed by atoms with Gasteiger partial charge in [0.1, 0.15) is 5.60 Å². The Morgan fingerprint density at radius 2 is 1.54 bits per heavy atom. The van der Waals surface area contributed by atoms with Crippen molar-refractivity contribution >= 4 is 17.8 Å². The fourth-order valence-corrected chi connectivity index (χ4v) is 4.83. The number of ether oxygens (including phenoxy) is 1. The largest absolute Gasteiger partial charge is 0.442 e. The molecule has 2 aromatic rings. The van der Waals surface area contributed by atoms with Crippen LogP contribution < -0.4 is 5.32 Å². The number of piperidine rings is 1. The molecule has 12 heteroatoms. The lowest BCUT2D eigenvalue weighted by atomic mass is 9.74. The quantitative estimate of drug-likeness (QED) is 0.437. The lowest BCUT2D eigenvalue weighted by molar-refractivity contribution is -0.143. The molecule has 1 spiro atoms. The van der Waals surface area contributed by atoms with Gasteiger partial charge in [-0.05, 0) is 30.7 Å². The predicted octanol–water partition coefficient (Wildman–Crippen LogP) is 5.25. The van der Waals surface area contributed by atoms with Crippen molar-refractivity contribution in [1.29, 1.82) is 0 Å². The van der Waals surface area contributed by atoms with Crippen LogP contribution in [0.2, 0.25) is 0 Å². The van der Waals surface area contributed by atoms with Crippen LogP contribution in [0.25, 0.3) is 0 Å². The summed E-state index contributed by atoms with van der Waals surface area (Å²) in [6.45, 7) is 1.47. The summed E-state index contributed by atoms with van der Waals surface area (Å²) in [5, 5.41) is 2.50. The fraction of sp³-hybridized carbons (Fsp3) is 0.400. The number of benzene rings is 2. The molecule has 2 aliphatic heterocycles. The maximum absolute atomic E-state index is 13.4. The highest BCUT2D eigenvalue weighted by molar-refractivity contribution is 6.01. The van der Waals surface area contributed by atoms with Gasteiger partial charge in [-0.2, -0.15) is 26.3 Å². The number of carbonyl (C=O) groups is 3. The highest BCUT2D eigenvalue weighted by Crippen LogP contribution is 2.40. The first-order valence-electron chi connectivity index (χ1n) is 11.4. The average molecular weight is 528 g/mol. The summed E-state index contributed by atoms with van der Waals surface area (Å²) in [7, 11) is 0. The SMILES string of the molecule is Cc1ccccc1C(=O)C1CNC(=O)OC12CCN(C(=O)c1cc(C(F)(F)F)cc(C(F)(F)F)c1)CC2. The molecule has 1 N–H and O–H groups in total. The molecular formula is C25H22F6N2O4. The van der Waals surface area contributed by atoms with Gasteiger partial charge in [0, 0.05) is 43.6 Å². The Bertz CT molecular complexity index is 1200. The van der Waals surface area contributed by atoms with Crippen molar-refractivity contribution in [2.24, 2.45) is 5.92 Å². The van der Waals surface area contributed by atoms with Crippen LogP contribution in [0.15, 0.2) is 42.5 Å². The Hall–Kier alpha value is -3.57. The second-order valence-corrected chi connectivity index (χ2v) is 9.15. The smallest absolute Gasteiger partial charge is 0.416 e. The third kappa shape index (κ3) is 5.28. The Balaban J connectivity index is 1.59. The summed E-state index contributed by atoms with van der Waals surface area (Å²) in [6.07, 6.45) is -11.0. The van der Waals surface area contributed by atoms with E-state index in [1.54, 1.807) is 31.2 Å². The number of nitrogens with zero attached hydrogens (tertiary/aromatic N) is 1. The molecular weight excluding hydrogens is 506 g/mol. The van der Waals surface area contributed by atoms with Crippen LogP contribution in [-0.2, 0) is 17.1 Å². The summed E-state index contributed by atoms with van der Waals surface area (Å²) in [6, 6.07) is 7.59. The number of carbonyl (C=O) groups excluding carboxylic acids is 3. The number of alkyl carbamates (subject to hydrolysis) is 1. The average Bonchev–Trinajstić information content (AvgIpc) is 2.83. The van der Waals surface area contributed by atoms with Crippen LogP contribution in [0, 0.1) is 12.8 Å². The van der Waals surface area contributed by atoms with Crippen LogP contribution in [0.3, 0.4) is 0 Å². The highest BCUT2D eigenvalue weighted by atomic mass is 19.4. The van der Waals surface area contributed by atoms with Crippen LogP contribution in [-0.4, -0.2) is 47.9 Å². The molecule has 0 radical (unpaired) electrons. The van der Waals surface area contributed by atoms with Gasteiger partial charge in [-0.15, -0.1) is 0 Å². The molecule has 0 aliphatic carbocycles. The van der Waals surface area contributed by atoms with Crippen LogP contribution in [0.4, 0.5) is 31.1 Å². The van der Waals surface area contributed by atoms with Gasteiger partial charge >= 0.3 is 18.4 Å². The third-order valence-electron chi connectivity index (χ3n) is 6.84. The number of nitrogens with one attached hydrogen (secondary N) is 1. The zero-order chi connectivity index (χ0) is 27.2. The number of ketones is 1. The number of likely N-dealkylation sites (tertiary alicyclic amines) is 1. The van der Waals surface area contributed by atoms with Gasteiger partial charge in [-0.1, -0.05) is 24.3 Å². The maximum Gasteiger partial charge on any atom is 0.416 e. The van der Waals surface area contributed by atoms with E-state index in [-0.39, 0.29) is 44.3 Å². The van der Waals surface area contributed by atoms with Gasteiger partial charge in [-0.3, -0.25) is 9.59 Å². The molecule has 2 fully saturated rings. The molecule has 37 heavy (non-hydrogen) atoms. The number of hydrogen-bond donors (Lipinski definition) is 1. The summed E-state index contributed by atoms with van der Waals surface area (Å²) in [5.74, 6) is -2.09. The van der Waals surface area contributed by atoms with Crippen LogP contribution >= 0.6 is 0 Å². The fourth-order valence-electron chi connectivity index (χ4n) is 4.83. The minimum atomic E-state index is -5.09. The number of alkyl halides is 6. The molecule has 0 aromatic heterocycles. The Kier molecular flexibility index (Phi) is 6.72. The van der Waals surface area contributed by atoms with E-state index in [1.807, 2.05) is 0 Å². The van der Waals surface area contributed by atoms with Gasteiger partial charge in [0.2, 0.25) is 0 Å². The minimum absolute atomic E-state index is 0.0114. The molecule has 2 aromatic carbocycles. The van der Waals surface area contributed by atoms with Crippen molar-refractivity contribution in [3.05, 3.63) is 70.3 Å². The van der Waals surface area contributed by atoms with Gasteiger partial charge in [-0.25, -0.2) is 4.79 Å². The van der Waals surface area contributed by atoms with E-state index in [0.29, 0.717) is 17.7 Å². The van der Waals surface area contributed by atoms with Crippen molar-refractivity contribution in [2.45, 2.75) is 37.7 Å². The molecule has 1 unspecified atom stereocenters. The molecule has 4 rings (SSSR count). The van der Waals surface area contributed by atoms with E-state index < -0.39 is 52.6 Å². The zero-order valence-electron chi connectivity index (χ0n) is 19.5. The first-order chi connectivity index (χ1) is 17.2. The monoisotopic (exact) mass is 528 g/mol. The Labute approximate surface area is 207 Å². The number of halogens is 6. The zero-order valence-corrected chi connectivity index (χ0v) is 19.5. The second-order valence-electron chi connectivity index (χ2n) is 9.15. The molecule has 2 aliphatic rings. The van der Waals surface area contributed by atoms with Gasteiger partial charge in [0.05, 0.1) is 17.0 Å². The van der Waals surface area contributed by atoms with Crippen LogP contribution in [0.5, 0.6) is 0 Å². The summed E-state index contributed by atoms with van der Waals surface area (Å²) >= 11 is 0. The second kappa shape index (κ2) is 9.38. The van der Waals surface area contributed by atoms with E-state index >= 15 is 0 Å². The van der Waals surface area contributed by atoms with Crippen molar-refractivity contribution in [3.8, 4) is 0 Å². The molecule has 6 nitrogen and oxygen atoms in total. The summed E-state index contributed by atoms with van der Waals surface area (Å²) in [5.41, 5.74) is -4.05.